The number of Topliss-reactive ketones (excluding diaryl/α,β-unsaturated/α-hetero) is 1. The van der Waals surface area contributed by atoms with Gasteiger partial charge in [0.2, 0.25) is 0 Å². The van der Waals surface area contributed by atoms with Gasteiger partial charge in [0.25, 0.3) is 5.56 Å². The van der Waals surface area contributed by atoms with E-state index in [0.717, 1.165) is 61.2 Å². The number of ketones is 1. The quantitative estimate of drug-likeness (QED) is 0.882. The molecule has 4 bridgehead atoms. The van der Waals surface area contributed by atoms with Crippen molar-refractivity contribution in [2.45, 2.75) is 32.9 Å². The van der Waals surface area contributed by atoms with Crippen LogP contribution in [0, 0.1) is 10.8 Å². The van der Waals surface area contributed by atoms with Gasteiger partial charge in [-0.2, -0.15) is 0 Å². The minimum atomic E-state index is -0.278. The molecule has 4 aliphatic rings. The van der Waals surface area contributed by atoms with E-state index in [1.54, 1.807) is 7.11 Å². The summed E-state index contributed by atoms with van der Waals surface area (Å²) in [5.41, 5.74) is 0.953. The van der Waals surface area contributed by atoms with Crippen LogP contribution in [0.3, 0.4) is 0 Å². The number of hydrogen-bond donors (Lipinski definition) is 1. The number of aromatic amines is 1. The average molecular weight is 381 g/mol. The Hall–Kier alpha value is -2.18. The van der Waals surface area contributed by atoms with Gasteiger partial charge in [0.1, 0.15) is 11.5 Å². The molecule has 2 aromatic rings. The molecule has 6 nitrogen and oxygen atoms in total. The molecule has 4 aliphatic heterocycles. The zero-order valence-corrected chi connectivity index (χ0v) is 16.7. The summed E-state index contributed by atoms with van der Waals surface area (Å²) < 4.78 is 5.27. The molecule has 28 heavy (non-hydrogen) atoms. The number of aromatic nitrogens is 1. The van der Waals surface area contributed by atoms with Gasteiger partial charge < -0.3 is 9.72 Å². The molecule has 0 unspecified atom stereocenters. The highest BCUT2D eigenvalue weighted by atomic mass is 16.5. The average Bonchev–Trinajstić information content (AvgIpc) is 2.70. The predicted octanol–water partition coefficient (Wildman–Crippen LogP) is 2.54. The number of nitrogens with one attached hydrogen (secondary N) is 1. The summed E-state index contributed by atoms with van der Waals surface area (Å²) in [7, 11) is 1.62. The standard InChI is InChI=1S/C22H27N3O3/c1-4-21-10-24-12-22(5-2,20(21)27)13-25(11-21)19(24)16-8-14-6-7-15(28-3)9-17(14)23-18(16)26/h6-9,19H,4-5,10-13H2,1-3H3,(H,23,26). The van der Waals surface area contributed by atoms with Crippen LogP contribution in [-0.4, -0.2) is 53.9 Å². The van der Waals surface area contributed by atoms with Gasteiger partial charge in [-0.1, -0.05) is 13.8 Å². The number of benzene rings is 1. The third-order valence-electron chi connectivity index (χ3n) is 7.39. The lowest BCUT2D eigenvalue weighted by molar-refractivity contribution is -0.204. The van der Waals surface area contributed by atoms with Crippen LogP contribution in [0.2, 0.25) is 0 Å². The number of rotatable bonds is 4. The highest BCUT2D eigenvalue weighted by Gasteiger charge is 2.64. The van der Waals surface area contributed by atoms with Gasteiger partial charge in [0.05, 0.1) is 29.6 Å². The van der Waals surface area contributed by atoms with Crippen LogP contribution in [0.1, 0.15) is 38.4 Å². The van der Waals surface area contributed by atoms with Gasteiger partial charge in [-0.25, -0.2) is 0 Å². The molecular formula is C22H27N3O3. The molecule has 1 aromatic heterocycles. The molecule has 0 atom stereocenters. The van der Waals surface area contributed by atoms with E-state index in [1.165, 1.54) is 0 Å². The molecule has 4 saturated heterocycles. The maximum atomic E-state index is 13.3. The molecule has 0 radical (unpaired) electrons. The van der Waals surface area contributed by atoms with Gasteiger partial charge >= 0.3 is 0 Å². The number of ether oxygens (including phenoxy) is 1. The van der Waals surface area contributed by atoms with Crippen molar-refractivity contribution in [1.82, 2.24) is 14.8 Å². The Morgan fingerprint density at radius 3 is 2.18 bits per heavy atom. The summed E-state index contributed by atoms with van der Waals surface area (Å²) in [5, 5.41) is 0.998. The number of carbonyl (C=O) groups excluding carboxylic acids is 1. The van der Waals surface area contributed by atoms with Crippen molar-refractivity contribution in [3.8, 4) is 5.75 Å². The predicted molar refractivity (Wildman–Crippen MR) is 107 cm³/mol. The fourth-order valence-electron chi connectivity index (χ4n) is 5.87. The smallest absolute Gasteiger partial charge is 0.254 e. The monoisotopic (exact) mass is 381 g/mol. The third-order valence-corrected chi connectivity index (χ3v) is 7.39. The number of methoxy groups -OCH3 is 1. The summed E-state index contributed by atoms with van der Waals surface area (Å²) in [4.78, 5) is 34.1. The highest BCUT2D eigenvalue weighted by Crippen LogP contribution is 2.54. The summed E-state index contributed by atoms with van der Waals surface area (Å²) in [6.07, 6.45) is 1.67. The van der Waals surface area contributed by atoms with Crippen LogP contribution in [0.25, 0.3) is 10.9 Å². The largest absolute Gasteiger partial charge is 0.497 e. The zero-order valence-electron chi connectivity index (χ0n) is 16.7. The first-order chi connectivity index (χ1) is 13.4. The van der Waals surface area contributed by atoms with Crippen LogP contribution >= 0.6 is 0 Å². The molecule has 0 saturated carbocycles. The minimum Gasteiger partial charge on any atom is -0.497 e. The van der Waals surface area contributed by atoms with E-state index in [9.17, 15) is 9.59 Å². The lowest BCUT2D eigenvalue weighted by Gasteiger charge is -2.66. The number of carbonyl (C=O) groups is 1. The highest BCUT2D eigenvalue weighted by molar-refractivity contribution is 5.93. The van der Waals surface area contributed by atoms with Crippen LogP contribution in [0.15, 0.2) is 29.1 Å². The van der Waals surface area contributed by atoms with Gasteiger partial charge in [-0.3, -0.25) is 19.4 Å². The Kier molecular flexibility index (Phi) is 3.77. The Labute approximate surface area is 164 Å². The van der Waals surface area contributed by atoms with E-state index in [4.69, 9.17) is 4.74 Å². The van der Waals surface area contributed by atoms with Crippen LogP contribution < -0.4 is 10.3 Å². The van der Waals surface area contributed by atoms with Crippen molar-refractivity contribution >= 4 is 16.7 Å². The van der Waals surface area contributed by atoms with Crippen molar-refractivity contribution < 1.29 is 9.53 Å². The second-order valence-corrected chi connectivity index (χ2v) is 8.79. The van der Waals surface area contributed by atoms with Crippen molar-refractivity contribution in [1.29, 1.82) is 0 Å². The van der Waals surface area contributed by atoms with Crippen LogP contribution in [0.4, 0.5) is 0 Å². The third kappa shape index (κ3) is 2.22. The van der Waals surface area contributed by atoms with E-state index in [2.05, 4.69) is 28.6 Å². The molecule has 5 heterocycles. The summed E-state index contributed by atoms with van der Waals surface area (Å²) in [6.45, 7) is 7.27. The van der Waals surface area contributed by atoms with E-state index >= 15 is 0 Å². The first-order valence-corrected chi connectivity index (χ1v) is 10.2. The number of H-pyrrole nitrogens is 1. The normalized spacial score (nSPS) is 36.2. The summed E-state index contributed by atoms with van der Waals surface area (Å²) >= 11 is 0. The first-order valence-electron chi connectivity index (χ1n) is 10.2. The maximum absolute atomic E-state index is 13.3. The zero-order chi connectivity index (χ0) is 19.7. The number of piperidine rings is 2. The second-order valence-electron chi connectivity index (χ2n) is 8.79. The molecule has 4 fully saturated rings. The minimum absolute atomic E-state index is 0.0531. The van der Waals surface area contributed by atoms with E-state index in [-0.39, 0.29) is 22.6 Å². The van der Waals surface area contributed by atoms with Crippen molar-refractivity contribution in [3.05, 3.63) is 40.2 Å². The number of hydrogen-bond acceptors (Lipinski definition) is 5. The molecule has 0 aliphatic carbocycles. The van der Waals surface area contributed by atoms with Gasteiger partial charge in [0.15, 0.2) is 0 Å². The van der Waals surface area contributed by atoms with Crippen molar-refractivity contribution in [2.24, 2.45) is 10.8 Å². The molecule has 0 amide bonds. The Morgan fingerprint density at radius 1 is 1.04 bits per heavy atom. The van der Waals surface area contributed by atoms with Gasteiger partial charge in [-0.05, 0) is 36.4 Å². The summed E-state index contributed by atoms with van der Waals surface area (Å²) in [5.74, 6) is 1.18. The molecule has 1 aromatic carbocycles. The van der Waals surface area contributed by atoms with Gasteiger partial charge in [-0.15, -0.1) is 0 Å². The fourth-order valence-corrected chi connectivity index (χ4v) is 5.87. The van der Waals surface area contributed by atoms with Crippen LogP contribution in [-0.2, 0) is 4.79 Å². The van der Waals surface area contributed by atoms with E-state index in [0.29, 0.717) is 5.78 Å². The lowest BCUT2D eigenvalue weighted by Crippen LogP contribution is -2.76. The molecule has 148 valence electrons. The Balaban J connectivity index is 1.60. The van der Waals surface area contributed by atoms with Crippen LogP contribution in [0.5, 0.6) is 5.75 Å². The molecular weight excluding hydrogens is 354 g/mol. The fraction of sp³-hybridized carbons (Fsp3) is 0.545. The molecule has 6 rings (SSSR count). The molecule has 0 spiro atoms. The van der Waals surface area contributed by atoms with E-state index in [1.807, 2.05) is 24.3 Å². The van der Waals surface area contributed by atoms with E-state index < -0.39 is 0 Å². The number of nitrogens with zero attached hydrogens (tertiary/aromatic N) is 2. The SMILES string of the molecule is CCC12CN3CC(CC)(CN(C1)C3c1cc3ccc(OC)cc3[nH]c1=O)C2=O. The first kappa shape index (κ1) is 17.9. The Bertz CT molecular complexity index is 985. The number of pyridine rings is 1. The van der Waals surface area contributed by atoms with Crippen molar-refractivity contribution in [3.63, 3.8) is 0 Å². The topological polar surface area (TPSA) is 65.6 Å². The van der Waals surface area contributed by atoms with Gasteiger partial charge in [0, 0.05) is 37.8 Å². The lowest BCUT2D eigenvalue weighted by atomic mass is 9.58. The maximum Gasteiger partial charge on any atom is 0.254 e. The molecule has 1 N–H and O–H groups in total. The Morgan fingerprint density at radius 2 is 1.64 bits per heavy atom. The second kappa shape index (κ2) is 5.91. The summed E-state index contributed by atoms with van der Waals surface area (Å²) in [6, 6.07) is 7.77. The van der Waals surface area contributed by atoms with Crippen molar-refractivity contribution in [2.75, 3.05) is 33.3 Å². The number of fused-ring (bicyclic) bond motifs is 1. The molecule has 6 heteroatoms.